The highest BCUT2D eigenvalue weighted by Crippen LogP contribution is 2.29. The van der Waals surface area contributed by atoms with Crippen molar-refractivity contribution in [2.24, 2.45) is 11.3 Å². The Morgan fingerprint density at radius 2 is 1.54 bits per heavy atom. The number of nitrogens with zero attached hydrogens (tertiary/aromatic N) is 5. The first-order valence-electron chi connectivity index (χ1n) is 18.6. The number of hydrogen-bond acceptors (Lipinski definition) is 6. The van der Waals surface area contributed by atoms with Crippen molar-refractivity contribution in [3.05, 3.63) is 40.9 Å². The van der Waals surface area contributed by atoms with E-state index in [1.165, 1.54) is 0 Å². The smallest absolute Gasteiger partial charge is 0.249 e. The van der Waals surface area contributed by atoms with Gasteiger partial charge in [0, 0.05) is 51.4 Å². The number of hydrogen-bond donors (Lipinski definition) is 1. The SMILES string of the molecule is CC(=C[C@H](C(C)C)N(C)C(=O)[C@@H](NC(=O)[C@H]1CCCCN1C(C)C)C(C)(C)C)C(=O)N1CCC[C@H]1C(=O)N1CCN(c2ccccc2Cl)CC1. The van der Waals surface area contributed by atoms with E-state index in [0.29, 0.717) is 49.7 Å². The molecule has 0 unspecified atom stereocenters. The third-order valence-electron chi connectivity index (χ3n) is 10.7. The molecule has 3 aliphatic heterocycles. The number of amides is 4. The molecule has 0 aliphatic carbocycles. The van der Waals surface area contributed by atoms with Crippen LogP contribution in [-0.2, 0) is 19.2 Å². The molecule has 4 rings (SSSR count). The summed E-state index contributed by atoms with van der Waals surface area (Å²) in [4.78, 5) is 65.4. The van der Waals surface area contributed by atoms with Crippen LogP contribution in [0.5, 0.6) is 0 Å². The summed E-state index contributed by atoms with van der Waals surface area (Å²) in [7, 11) is 1.76. The predicted molar refractivity (Wildman–Crippen MR) is 201 cm³/mol. The van der Waals surface area contributed by atoms with Crippen molar-refractivity contribution < 1.29 is 19.2 Å². The lowest BCUT2D eigenvalue weighted by Crippen LogP contribution is -2.60. The van der Waals surface area contributed by atoms with Crippen LogP contribution >= 0.6 is 11.6 Å². The molecule has 3 fully saturated rings. The molecule has 3 aliphatic rings. The second-order valence-electron chi connectivity index (χ2n) is 16.1. The molecule has 0 radical (unpaired) electrons. The third-order valence-corrected chi connectivity index (χ3v) is 11.0. The fourth-order valence-corrected chi connectivity index (χ4v) is 8.01. The molecule has 1 aromatic carbocycles. The molecular formula is C39H61ClN6O4. The van der Waals surface area contributed by atoms with Crippen LogP contribution in [-0.4, -0.2) is 120 Å². The first-order chi connectivity index (χ1) is 23.5. The molecule has 1 N–H and O–H groups in total. The van der Waals surface area contributed by atoms with Gasteiger partial charge in [-0.1, -0.05) is 70.8 Å². The van der Waals surface area contributed by atoms with Gasteiger partial charge in [-0.05, 0) is 76.5 Å². The van der Waals surface area contributed by atoms with Gasteiger partial charge in [0.05, 0.1) is 22.8 Å². The third kappa shape index (κ3) is 9.21. The van der Waals surface area contributed by atoms with Crippen molar-refractivity contribution in [2.75, 3.05) is 51.2 Å². The Morgan fingerprint density at radius 1 is 0.900 bits per heavy atom. The molecule has 0 aromatic heterocycles. The molecule has 3 heterocycles. The second-order valence-corrected chi connectivity index (χ2v) is 16.5. The van der Waals surface area contributed by atoms with Crippen molar-refractivity contribution in [3.8, 4) is 0 Å². The molecule has 0 saturated carbocycles. The fourth-order valence-electron chi connectivity index (χ4n) is 7.75. The lowest BCUT2D eigenvalue weighted by Gasteiger charge is -2.41. The van der Waals surface area contributed by atoms with E-state index in [2.05, 4.69) is 29.0 Å². The maximum absolute atomic E-state index is 14.2. The van der Waals surface area contributed by atoms with Crippen molar-refractivity contribution >= 4 is 40.9 Å². The van der Waals surface area contributed by atoms with E-state index in [1.807, 2.05) is 69.9 Å². The maximum Gasteiger partial charge on any atom is 0.249 e. The van der Waals surface area contributed by atoms with E-state index in [9.17, 15) is 19.2 Å². The van der Waals surface area contributed by atoms with Crippen molar-refractivity contribution in [2.45, 2.75) is 118 Å². The highest BCUT2D eigenvalue weighted by molar-refractivity contribution is 6.33. The van der Waals surface area contributed by atoms with E-state index >= 15 is 0 Å². The maximum atomic E-state index is 14.2. The van der Waals surface area contributed by atoms with E-state index in [0.717, 1.165) is 37.9 Å². The summed E-state index contributed by atoms with van der Waals surface area (Å²) in [5, 5.41) is 3.85. The Morgan fingerprint density at radius 3 is 2.14 bits per heavy atom. The average Bonchev–Trinajstić information content (AvgIpc) is 3.58. The van der Waals surface area contributed by atoms with Crippen LogP contribution in [0.2, 0.25) is 5.02 Å². The molecule has 4 amide bonds. The van der Waals surface area contributed by atoms with Crippen LogP contribution < -0.4 is 10.2 Å². The van der Waals surface area contributed by atoms with Crippen LogP contribution in [0, 0.1) is 11.3 Å². The lowest BCUT2D eigenvalue weighted by atomic mass is 9.84. The molecule has 50 heavy (non-hydrogen) atoms. The van der Waals surface area contributed by atoms with Gasteiger partial charge in [0.25, 0.3) is 0 Å². The van der Waals surface area contributed by atoms with Crippen molar-refractivity contribution in [1.82, 2.24) is 24.9 Å². The largest absolute Gasteiger partial charge is 0.367 e. The van der Waals surface area contributed by atoms with E-state index < -0.39 is 17.5 Å². The molecule has 3 saturated heterocycles. The van der Waals surface area contributed by atoms with Crippen LogP contribution in [0.3, 0.4) is 0 Å². The quantitative estimate of drug-likeness (QED) is 0.335. The summed E-state index contributed by atoms with van der Waals surface area (Å²) in [6.45, 7) is 19.9. The van der Waals surface area contributed by atoms with Crippen LogP contribution in [0.1, 0.15) is 87.5 Å². The van der Waals surface area contributed by atoms with Gasteiger partial charge in [0.15, 0.2) is 0 Å². The zero-order valence-corrected chi connectivity index (χ0v) is 32.6. The topological polar surface area (TPSA) is 96.5 Å². The van der Waals surface area contributed by atoms with Crippen LogP contribution in [0.25, 0.3) is 0 Å². The molecule has 0 bridgehead atoms. The van der Waals surface area contributed by atoms with Gasteiger partial charge >= 0.3 is 0 Å². The Kier molecular flexibility index (Phi) is 13.4. The fraction of sp³-hybridized carbons (Fsp3) is 0.692. The van der Waals surface area contributed by atoms with E-state index in [-0.39, 0.29) is 47.7 Å². The zero-order chi connectivity index (χ0) is 36.9. The number of para-hydroxylation sites is 1. The van der Waals surface area contributed by atoms with E-state index in [4.69, 9.17) is 11.6 Å². The highest BCUT2D eigenvalue weighted by atomic mass is 35.5. The minimum Gasteiger partial charge on any atom is -0.367 e. The van der Waals surface area contributed by atoms with Gasteiger partial charge in [-0.25, -0.2) is 0 Å². The number of rotatable bonds is 10. The molecule has 4 atom stereocenters. The van der Waals surface area contributed by atoms with Gasteiger partial charge in [-0.3, -0.25) is 24.1 Å². The number of likely N-dealkylation sites (N-methyl/N-ethyl adjacent to an activating group) is 1. The Bertz CT molecular complexity index is 1400. The van der Waals surface area contributed by atoms with Gasteiger partial charge in [-0.2, -0.15) is 0 Å². The van der Waals surface area contributed by atoms with Gasteiger partial charge in [0.1, 0.15) is 12.1 Å². The summed E-state index contributed by atoms with van der Waals surface area (Å²) in [5.74, 6) is -0.457. The molecular weight excluding hydrogens is 652 g/mol. The average molecular weight is 713 g/mol. The molecule has 1 aromatic rings. The summed E-state index contributed by atoms with van der Waals surface area (Å²) in [5.41, 5.74) is 0.954. The molecule has 11 heteroatoms. The van der Waals surface area contributed by atoms with Gasteiger partial charge in [-0.15, -0.1) is 0 Å². The number of halogens is 1. The van der Waals surface area contributed by atoms with Crippen LogP contribution in [0.4, 0.5) is 5.69 Å². The molecule has 10 nitrogen and oxygen atoms in total. The number of carbonyl (C=O) groups is 4. The monoisotopic (exact) mass is 712 g/mol. The minimum atomic E-state index is -0.736. The van der Waals surface area contributed by atoms with Crippen molar-refractivity contribution in [1.29, 1.82) is 0 Å². The Balaban J connectivity index is 1.44. The van der Waals surface area contributed by atoms with Gasteiger partial charge in [0.2, 0.25) is 23.6 Å². The predicted octanol–water partition coefficient (Wildman–Crippen LogP) is 5.20. The standard InChI is InChI=1S/C39H61ClN6O4/c1-26(2)33(42(9)38(50)34(39(6,7)8)41-35(47)31-17-12-13-19-45(31)27(3)4)25-28(5)36(48)46-20-14-18-32(46)37(49)44-23-21-43(22-24-44)30-16-11-10-15-29(30)40/h10-11,15-16,25-27,31-34H,12-14,17-24H2,1-9H3,(H,41,47)/t31-,32+,33-,34-/m1/s1. The number of benzene rings is 1. The number of piperazine rings is 1. The number of carbonyl (C=O) groups excluding carboxylic acids is 4. The summed E-state index contributed by atoms with van der Waals surface area (Å²) in [6.07, 6.45) is 6.12. The Labute approximate surface area is 305 Å². The highest BCUT2D eigenvalue weighted by Gasteiger charge is 2.41. The molecule has 0 spiro atoms. The number of nitrogens with one attached hydrogen (secondary N) is 1. The lowest BCUT2D eigenvalue weighted by molar-refractivity contribution is -0.142. The minimum absolute atomic E-state index is 0.00298. The van der Waals surface area contributed by atoms with Crippen molar-refractivity contribution in [3.63, 3.8) is 0 Å². The van der Waals surface area contributed by atoms with Gasteiger partial charge < -0.3 is 24.9 Å². The summed E-state index contributed by atoms with van der Waals surface area (Å²) < 4.78 is 0. The summed E-state index contributed by atoms with van der Waals surface area (Å²) >= 11 is 6.42. The first-order valence-corrected chi connectivity index (χ1v) is 19.0. The first kappa shape index (κ1) is 39.7. The number of likely N-dealkylation sites (tertiary alicyclic amines) is 2. The number of anilines is 1. The Hall–Kier alpha value is -3.11. The summed E-state index contributed by atoms with van der Waals surface area (Å²) in [6, 6.07) is 6.12. The van der Waals surface area contributed by atoms with E-state index in [1.54, 1.807) is 23.8 Å². The van der Waals surface area contributed by atoms with Crippen LogP contribution in [0.15, 0.2) is 35.9 Å². The molecule has 278 valence electrons. The normalized spacial score (nSPS) is 22.2. The zero-order valence-electron chi connectivity index (χ0n) is 31.9. The second kappa shape index (κ2) is 16.9. The number of piperidine rings is 1.